The number of halogens is 2. The molecule has 8 heteroatoms. The largest absolute Gasteiger partial charge is 0.494 e. The summed E-state index contributed by atoms with van der Waals surface area (Å²) in [7, 11) is -2.79. The molecule has 2 aromatic rings. The summed E-state index contributed by atoms with van der Waals surface area (Å²) in [6, 6.07) is 7.87. The number of anilines is 1. The number of benzene rings is 2. The highest BCUT2D eigenvalue weighted by Gasteiger charge is 2.17. The molecule has 2 rings (SSSR count). The van der Waals surface area contributed by atoms with E-state index >= 15 is 0 Å². The number of methoxy groups -OCH3 is 1. The topological polar surface area (TPSA) is 79.2 Å². The van der Waals surface area contributed by atoms with Gasteiger partial charge in [-0.2, -0.15) is 5.26 Å². The molecule has 0 fully saturated rings. The molecule has 5 nitrogen and oxygen atoms in total. The lowest BCUT2D eigenvalue weighted by atomic mass is 10.2. The molecule has 0 amide bonds. The summed E-state index contributed by atoms with van der Waals surface area (Å²) >= 11 is 0. The third kappa shape index (κ3) is 3.15. The van der Waals surface area contributed by atoms with Crippen molar-refractivity contribution < 1.29 is 21.9 Å². The van der Waals surface area contributed by atoms with E-state index in [0.717, 1.165) is 24.3 Å². The van der Waals surface area contributed by atoms with Gasteiger partial charge < -0.3 is 4.74 Å². The highest BCUT2D eigenvalue weighted by molar-refractivity contribution is 7.92. The van der Waals surface area contributed by atoms with Crippen LogP contribution in [0.3, 0.4) is 0 Å². The zero-order valence-corrected chi connectivity index (χ0v) is 12.1. The predicted octanol–water partition coefficient (Wildman–Crippen LogP) is 2.65. The fraction of sp³-hybridized carbons (Fsp3) is 0.0714. The molecule has 0 bridgehead atoms. The molecule has 0 unspecified atom stereocenters. The third-order valence-corrected chi connectivity index (χ3v) is 4.15. The van der Waals surface area contributed by atoms with Crippen molar-refractivity contribution in [3.63, 3.8) is 0 Å². The van der Waals surface area contributed by atoms with Crippen LogP contribution in [0.5, 0.6) is 5.75 Å². The minimum absolute atomic E-state index is 0.0267. The Kier molecular flexibility index (Phi) is 4.28. The number of rotatable bonds is 4. The van der Waals surface area contributed by atoms with E-state index in [1.54, 1.807) is 6.07 Å². The van der Waals surface area contributed by atoms with Crippen LogP contribution < -0.4 is 9.46 Å². The number of ether oxygens (including phenoxy) is 1. The molecule has 0 radical (unpaired) electrons. The minimum atomic E-state index is -4.07. The van der Waals surface area contributed by atoms with Gasteiger partial charge in [0.2, 0.25) is 0 Å². The summed E-state index contributed by atoms with van der Waals surface area (Å²) in [6.45, 7) is 0. The first-order chi connectivity index (χ1) is 10.4. The van der Waals surface area contributed by atoms with Crippen LogP contribution in [0, 0.1) is 23.0 Å². The number of nitriles is 1. The molecule has 0 aliphatic heterocycles. The van der Waals surface area contributed by atoms with Crippen molar-refractivity contribution in [2.75, 3.05) is 11.8 Å². The van der Waals surface area contributed by atoms with Gasteiger partial charge in [0.1, 0.15) is 11.9 Å². The molecular weight excluding hydrogens is 314 g/mol. The Hall–Kier alpha value is -2.66. The molecule has 2 aromatic carbocycles. The van der Waals surface area contributed by atoms with E-state index in [4.69, 9.17) is 10.00 Å². The fourth-order valence-electron chi connectivity index (χ4n) is 1.70. The SMILES string of the molecule is COc1ccc(NS(=O)(=O)c2ccc(F)c(C#N)c2)cc1F. The maximum atomic E-state index is 13.5. The van der Waals surface area contributed by atoms with Gasteiger partial charge in [-0.05, 0) is 30.3 Å². The Morgan fingerprint density at radius 2 is 1.86 bits per heavy atom. The molecule has 114 valence electrons. The summed E-state index contributed by atoms with van der Waals surface area (Å²) in [5, 5.41) is 8.72. The first-order valence-electron chi connectivity index (χ1n) is 5.93. The lowest BCUT2D eigenvalue weighted by molar-refractivity contribution is 0.386. The molecule has 1 N–H and O–H groups in total. The second-order valence-corrected chi connectivity index (χ2v) is 5.89. The van der Waals surface area contributed by atoms with Crippen molar-refractivity contribution in [3.8, 4) is 11.8 Å². The maximum absolute atomic E-state index is 13.5. The van der Waals surface area contributed by atoms with E-state index in [1.807, 2.05) is 0 Å². The lowest BCUT2D eigenvalue weighted by Gasteiger charge is -2.10. The number of hydrogen-bond donors (Lipinski definition) is 1. The summed E-state index contributed by atoms with van der Waals surface area (Å²) < 4.78 is 57.9. The molecule has 22 heavy (non-hydrogen) atoms. The Morgan fingerprint density at radius 1 is 1.14 bits per heavy atom. The first kappa shape index (κ1) is 15.7. The smallest absolute Gasteiger partial charge is 0.261 e. The Morgan fingerprint density at radius 3 is 2.45 bits per heavy atom. The summed E-state index contributed by atoms with van der Waals surface area (Å²) in [6.07, 6.45) is 0. The van der Waals surface area contributed by atoms with Crippen LogP contribution in [0.2, 0.25) is 0 Å². The minimum Gasteiger partial charge on any atom is -0.494 e. The standard InChI is InChI=1S/C14H10F2N2O3S/c1-21-14-5-2-10(7-13(14)16)18-22(19,20)11-3-4-12(15)9(6-11)8-17/h2-7,18H,1H3. The van der Waals surface area contributed by atoms with Crippen molar-refractivity contribution in [2.45, 2.75) is 4.90 Å². The van der Waals surface area contributed by atoms with Gasteiger partial charge in [0.15, 0.2) is 11.6 Å². The fourth-order valence-corrected chi connectivity index (χ4v) is 2.78. The highest BCUT2D eigenvalue weighted by Crippen LogP contribution is 2.23. The van der Waals surface area contributed by atoms with Crippen molar-refractivity contribution >= 4 is 15.7 Å². The second-order valence-electron chi connectivity index (χ2n) is 4.21. The van der Waals surface area contributed by atoms with Crippen molar-refractivity contribution in [1.29, 1.82) is 5.26 Å². The van der Waals surface area contributed by atoms with Crippen molar-refractivity contribution in [1.82, 2.24) is 0 Å². The quantitative estimate of drug-likeness (QED) is 0.937. The van der Waals surface area contributed by atoms with Crippen LogP contribution >= 0.6 is 0 Å². The van der Waals surface area contributed by atoms with Crippen LogP contribution in [-0.2, 0) is 10.0 Å². The number of hydrogen-bond acceptors (Lipinski definition) is 4. The van der Waals surface area contributed by atoms with Crippen LogP contribution in [0.1, 0.15) is 5.56 Å². The number of nitrogens with one attached hydrogen (secondary N) is 1. The molecule has 0 saturated carbocycles. The average molecular weight is 324 g/mol. The van der Waals surface area contributed by atoms with Gasteiger partial charge in [0, 0.05) is 6.07 Å². The third-order valence-electron chi connectivity index (χ3n) is 2.77. The van der Waals surface area contributed by atoms with Gasteiger partial charge in [-0.1, -0.05) is 0 Å². The van der Waals surface area contributed by atoms with Crippen LogP contribution in [0.25, 0.3) is 0 Å². The molecule has 0 aliphatic rings. The summed E-state index contributed by atoms with van der Waals surface area (Å²) in [5.41, 5.74) is -0.426. The summed E-state index contributed by atoms with van der Waals surface area (Å²) in [5.74, 6) is -1.59. The van der Waals surface area contributed by atoms with Gasteiger partial charge in [-0.15, -0.1) is 0 Å². The molecule has 0 aromatic heterocycles. The average Bonchev–Trinajstić information content (AvgIpc) is 2.47. The van der Waals surface area contributed by atoms with Gasteiger partial charge in [-0.3, -0.25) is 4.72 Å². The van der Waals surface area contributed by atoms with Gasteiger partial charge in [0.05, 0.1) is 23.3 Å². The molecule has 0 atom stereocenters. The van der Waals surface area contributed by atoms with E-state index in [-0.39, 0.29) is 16.3 Å². The van der Waals surface area contributed by atoms with Gasteiger partial charge in [0.25, 0.3) is 10.0 Å². The van der Waals surface area contributed by atoms with Crippen molar-refractivity contribution in [2.24, 2.45) is 0 Å². The normalized spacial score (nSPS) is 10.8. The Bertz CT molecular complexity index is 861. The van der Waals surface area contributed by atoms with E-state index in [2.05, 4.69) is 4.72 Å². The second kappa shape index (κ2) is 5.99. The number of nitrogens with zero attached hydrogens (tertiary/aromatic N) is 1. The molecule has 0 heterocycles. The van der Waals surface area contributed by atoms with E-state index in [1.165, 1.54) is 19.2 Å². The first-order valence-corrected chi connectivity index (χ1v) is 7.41. The molecule has 0 aliphatic carbocycles. The monoisotopic (exact) mass is 324 g/mol. The predicted molar refractivity (Wildman–Crippen MR) is 74.9 cm³/mol. The lowest BCUT2D eigenvalue weighted by Crippen LogP contribution is -2.13. The summed E-state index contributed by atoms with van der Waals surface area (Å²) in [4.78, 5) is -0.304. The van der Waals surface area contributed by atoms with E-state index < -0.39 is 27.2 Å². The van der Waals surface area contributed by atoms with Crippen LogP contribution in [0.15, 0.2) is 41.3 Å². The molecule has 0 spiro atoms. The Labute approximate surface area is 125 Å². The van der Waals surface area contributed by atoms with E-state index in [0.29, 0.717) is 0 Å². The van der Waals surface area contributed by atoms with Crippen molar-refractivity contribution in [3.05, 3.63) is 53.6 Å². The molecular formula is C14H10F2N2O3S. The van der Waals surface area contributed by atoms with Crippen LogP contribution in [0.4, 0.5) is 14.5 Å². The maximum Gasteiger partial charge on any atom is 0.261 e. The highest BCUT2D eigenvalue weighted by atomic mass is 32.2. The number of sulfonamides is 1. The molecule has 0 saturated heterocycles. The Balaban J connectivity index is 2.36. The van der Waals surface area contributed by atoms with E-state index in [9.17, 15) is 17.2 Å². The van der Waals surface area contributed by atoms with Gasteiger partial charge in [-0.25, -0.2) is 17.2 Å². The van der Waals surface area contributed by atoms with Crippen LogP contribution in [-0.4, -0.2) is 15.5 Å². The zero-order valence-electron chi connectivity index (χ0n) is 11.3. The zero-order chi connectivity index (χ0) is 16.3. The van der Waals surface area contributed by atoms with Gasteiger partial charge >= 0.3 is 0 Å².